The summed E-state index contributed by atoms with van der Waals surface area (Å²) in [5.41, 5.74) is 4.54. The minimum absolute atomic E-state index is 0.118. The molecule has 1 saturated carbocycles. The third-order valence-corrected chi connectivity index (χ3v) is 6.21. The van der Waals surface area contributed by atoms with E-state index in [9.17, 15) is 14.4 Å². The number of alkyl halides is 1. The number of nitrogens with two attached hydrogens (primary N) is 1. The second-order valence-electron chi connectivity index (χ2n) is 8.38. The summed E-state index contributed by atoms with van der Waals surface area (Å²) in [5, 5.41) is 13.6. The van der Waals surface area contributed by atoms with Gasteiger partial charge in [-0.2, -0.15) is 0 Å². The molecule has 2 aromatic carbocycles. The molecule has 5 N–H and O–H groups in total. The maximum Gasteiger partial charge on any atom is 0.267 e. The minimum Gasteiger partial charge on any atom is -0.376 e. The lowest BCUT2D eigenvalue weighted by Gasteiger charge is -2.25. The molecule has 33 heavy (non-hydrogen) atoms. The fraction of sp³-hybridized carbons (Fsp3) is 0.333. The number of rotatable bonds is 8. The van der Waals surface area contributed by atoms with Crippen molar-refractivity contribution < 1.29 is 18.8 Å². The van der Waals surface area contributed by atoms with Crippen LogP contribution in [0.25, 0.3) is 0 Å². The van der Waals surface area contributed by atoms with Crippen LogP contribution in [0.15, 0.2) is 54.6 Å². The highest BCUT2D eigenvalue weighted by Gasteiger charge is 2.58. The Hall–Kier alpha value is -3.75. The fourth-order valence-corrected chi connectivity index (χ4v) is 4.30. The van der Waals surface area contributed by atoms with Crippen molar-refractivity contribution in [1.82, 2.24) is 10.2 Å². The smallest absolute Gasteiger partial charge is 0.267 e. The average Bonchev–Trinajstić information content (AvgIpc) is 3.23. The van der Waals surface area contributed by atoms with Gasteiger partial charge in [-0.3, -0.25) is 19.8 Å². The van der Waals surface area contributed by atoms with Gasteiger partial charge in [0.05, 0.1) is 12.6 Å². The van der Waals surface area contributed by atoms with E-state index >= 15 is 4.39 Å². The molecule has 1 aliphatic carbocycles. The van der Waals surface area contributed by atoms with E-state index in [1.807, 2.05) is 6.07 Å². The van der Waals surface area contributed by atoms with Crippen molar-refractivity contribution in [3.05, 3.63) is 65.7 Å². The van der Waals surface area contributed by atoms with Gasteiger partial charge < -0.3 is 21.3 Å². The van der Waals surface area contributed by atoms with Crippen molar-refractivity contribution in [3.63, 3.8) is 0 Å². The zero-order valence-corrected chi connectivity index (χ0v) is 18.0. The number of carbonyl (C=O) groups excluding carboxylic acids is 3. The Morgan fingerprint density at radius 3 is 2.55 bits per heavy atom. The molecule has 0 radical (unpaired) electrons. The van der Waals surface area contributed by atoms with E-state index in [1.54, 1.807) is 48.5 Å². The van der Waals surface area contributed by atoms with Crippen LogP contribution in [0.2, 0.25) is 0 Å². The predicted molar refractivity (Wildman–Crippen MR) is 121 cm³/mol. The molecular weight excluding hydrogens is 425 g/mol. The van der Waals surface area contributed by atoms with Crippen molar-refractivity contribution in [1.29, 1.82) is 5.41 Å². The minimum atomic E-state index is -1.57. The van der Waals surface area contributed by atoms with Crippen LogP contribution in [-0.4, -0.2) is 53.5 Å². The van der Waals surface area contributed by atoms with E-state index in [0.717, 1.165) is 0 Å². The summed E-state index contributed by atoms with van der Waals surface area (Å²) in [6, 6.07) is 14.1. The standard InChI is InChI=1S/C24H26FN5O3/c25-24(15-7-2-1-3-8-15)13-19(24)29-23(33)18-11-6-12-30(18)20(31)14-28-17-10-5-4-9-16(17)21(26)22(27)32/h1-5,7-10,18-19,26,28H,6,11-14H2,(H2,27,32)(H,29,33)/t18-,19?,24?/m0/s1. The first-order valence-electron chi connectivity index (χ1n) is 10.9. The number of para-hydroxylation sites is 1. The Kier molecular flexibility index (Phi) is 6.13. The van der Waals surface area contributed by atoms with Gasteiger partial charge in [-0.15, -0.1) is 0 Å². The molecule has 2 fully saturated rings. The van der Waals surface area contributed by atoms with E-state index in [1.165, 1.54) is 4.90 Å². The third-order valence-electron chi connectivity index (χ3n) is 6.21. The molecule has 2 unspecified atom stereocenters. The zero-order valence-electron chi connectivity index (χ0n) is 18.0. The Bertz CT molecular complexity index is 1090. The molecule has 4 rings (SSSR count). The quantitative estimate of drug-likeness (QED) is 0.455. The van der Waals surface area contributed by atoms with Gasteiger partial charge >= 0.3 is 0 Å². The number of halogens is 1. The van der Waals surface area contributed by atoms with E-state index in [2.05, 4.69) is 10.6 Å². The van der Waals surface area contributed by atoms with Gasteiger partial charge in [0, 0.05) is 24.2 Å². The first-order chi connectivity index (χ1) is 15.8. The number of hydrogen-bond acceptors (Lipinski definition) is 5. The van der Waals surface area contributed by atoms with Gasteiger partial charge in [0.1, 0.15) is 11.8 Å². The summed E-state index contributed by atoms with van der Waals surface area (Å²) in [7, 11) is 0. The van der Waals surface area contributed by atoms with Crippen LogP contribution >= 0.6 is 0 Å². The predicted octanol–water partition coefficient (Wildman–Crippen LogP) is 1.70. The first-order valence-corrected chi connectivity index (χ1v) is 10.9. The van der Waals surface area contributed by atoms with Gasteiger partial charge in [0.2, 0.25) is 11.8 Å². The van der Waals surface area contributed by atoms with Crippen LogP contribution in [-0.2, 0) is 20.1 Å². The number of likely N-dealkylation sites (tertiary alicyclic amines) is 1. The normalized spacial score (nSPS) is 23.6. The molecule has 8 nitrogen and oxygen atoms in total. The highest BCUT2D eigenvalue weighted by Crippen LogP contribution is 2.49. The molecule has 1 aliphatic heterocycles. The average molecular weight is 452 g/mol. The highest BCUT2D eigenvalue weighted by atomic mass is 19.1. The van der Waals surface area contributed by atoms with Gasteiger partial charge in [-0.05, 0) is 24.5 Å². The Balaban J connectivity index is 1.36. The van der Waals surface area contributed by atoms with Crippen LogP contribution in [0.4, 0.5) is 10.1 Å². The number of carbonyl (C=O) groups is 3. The molecule has 1 saturated heterocycles. The Labute approximate surface area is 190 Å². The van der Waals surface area contributed by atoms with E-state index in [-0.39, 0.29) is 30.5 Å². The molecule has 9 heteroatoms. The molecule has 0 bridgehead atoms. The van der Waals surface area contributed by atoms with Gasteiger partial charge in [0.15, 0.2) is 5.67 Å². The Morgan fingerprint density at radius 1 is 1.12 bits per heavy atom. The maximum atomic E-state index is 15.1. The Morgan fingerprint density at radius 2 is 1.82 bits per heavy atom. The molecule has 172 valence electrons. The van der Waals surface area contributed by atoms with Crippen LogP contribution in [0.3, 0.4) is 0 Å². The molecule has 1 heterocycles. The second-order valence-corrected chi connectivity index (χ2v) is 8.38. The van der Waals surface area contributed by atoms with Crippen LogP contribution in [0, 0.1) is 5.41 Å². The lowest BCUT2D eigenvalue weighted by molar-refractivity contribution is -0.137. The number of primary amides is 1. The van der Waals surface area contributed by atoms with Gasteiger partial charge in [0.25, 0.3) is 5.91 Å². The summed E-state index contributed by atoms with van der Waals surface area (Å²) in [4.78, 5) is 38.6. The van der Waals surface area contributed by atoms with Crippen LogP contribution in [0.5, 0.6) is 0 Å². The molecule has 0 spiro atoms. The molecule has 0 aromatic heterocycles. The molecule has 3 amide bonds. The van der Waals surface area contributed by atoms with Crippen molar-refractivity contribution in [2.24, 2.45) is 5.73 Å². The van der Waals surface area contributed by atoms with Crippen molar-refractivity contribution in [3.8, 4) is 0 Å². The number of benzene rings is 2. The molecule has 3 atom stereocenters. The van der Waals surface area contributed by atoms with Crippen LogP contribution in [0.1, 0.15) is 30.4 Å². The molecule has 2 aliphatic rings. The van der Waals surface area contributed by atoms with E-state index in [4.69, 9.17) is 11.1 Å². The van der Waals surface area contributed by atoms with Gasteiger partial charge in [-0.1, -0.05) is 48.5 Å². The van der Waals surface area contributed by atoms with Gasteiger partial charge in [-0.25, -0.2) is 4.39 Å². The summed E-state index contributed by atoms with van der Waals surface area (Å²) < 4.78 is 15.1. The van der Waals surface area contributed by atoms with E-state index in [0.29, 0.717) is 36.2 Å². The number of nitrogens with one attached hydrogen (secondary N) is 3. The fourth-order valence-electron chi connectivity index (χ4n) is 4.30. The van der Waals surface area contributed by atoms with Crippen molar-refractivity contribution in [2.45, 2.75) is 37.0 Å². The van der Waals surface area contributed by atoms with Crippen molar-refractivity contribution >= 4 is 29.1 Å². The van der Waals surface area contributed by atoms with Crippen LogP contribution < -0.4 is 16.4 Å². The zero-order chi connectivity index (χ0) is 23.6. The lowest BCUT2D eigenvalue weighted by atomic mass is 10.1. The molecular formula is C24H26FN5O3. The maximum absolute atomic E-state index is 15.1. The number of anilines is 1. The summed E-state index contributed by atoms with van der Waals surface area (Å²) in [6.07, 6.45) is 1.41. The number of hydrogen-bond donors (Lipinski definition) is 4. The van der Waals surface area contributed by atoms with E-state index < -0.39 is 23.7 Å². The SMILES string of the molecule is N=C(C(N)=O)c1ccccc1NCC(=O)N1CCC[C@H]1C(=O)NC1CC1(F)c1ccccc1. The number of nitrogens with zero attached hydrogens (tertiary/aromatic N) is 1. The second kappa shape index (κ2) is 9.01. The largest absolute Gasteiger partial charge is 0.376 e. The summed E-state index contributed by atoms with van der Waals surface area (Å²) >= 11 is 0. The molecule has 2 aromatic rings. The third kappa shape index (κ3) is 4.57. The number of amides is 3. The highest BCUT2D eigenvalue weighted by molar-refractivity contribution is 6.44. The summed E-state index contributed by atoms with van der Waals surface area (Å²) in [6.45, 7) is 0.314. The monoisotopic (exact) mass is 451 g/mol. The topological polar surface area (TPSA) is 128 Å². The lowest BCUT2D eigenvalue weighted by Crippen LogP contribution is -2.48. The first kappa shape index (κ1) is 22.4. The summed E-state index contributed by atoms with van der Waals surface area (Å²) in [5.74, 6) is -1.51. The van der Waals surface area contributed by atoms with Crippen molar-refractivity contribution in [2.75, 3.05) is 18.4 Å².